The number of H-pyrrole nitrogens is 1. The second-order valence-corrected chi connectivity index (χ2v) is 13.7. The SMILES string of the molecule is CC(C)CN(C[C@@H](O)[C@H](Cc1ccccc1)NC(=O)OC1CO[C@H]2OCC[C@@H]12)S(=O)(=O)c1ccc2[nH]nc(CBr)c2c1. The number of nitrogens with zero attached hydrogens (tertiary/aromatic N) is 2. The number of alkyl carbamates (subject to hydrolysis) is 1. The van der Waals surface area contributed by atoms with Crippen LogP contribution in [0.25, 0.3) is 10.9 Å². The van der Waals surface area contributed by atoms with Crippen LogP contribution in [0.2, 0.25) is 0 Å². The lowest BCUT2D eigenvalue weighted by atomic mass is 10.0. The van der Waals surface area contributed by atoms with E-state index >= 15 is 0 Å². The number of hydrogen-bond acceptors (Lipinski definition) is 8. The van der Waals surface area contributed by atoms with E-state index in [-0.39, 0.29) is 49.1 Å². The lowest BCUT2D eigenvalue weighted by Crippen LogP contribution is -2.51. The average Bonchev–Trinajstić information content (AvgIpc) is 3.69. The second-order valence-electron chi connectivity index (χ2n) is 11.2. The highest BCUT2D eigenvalue weighted by Gasteiger charge is 2.44. The van der Waals surface area contributed by atoms with E-state index in [4.69, 9.17) is 14.2 Å². The van der Waals surface area contributed by atoms with Gasteiger partial charge in [-0.1, -0.05) is 60.1 Å². The van der Waals surface area contributed by atoms with Crippen LogP contribution in [0, 0.1) is 11.8 Å². The number of benzene rings is 2. The molecule has 2 aliphatic rings. The van der Waals surface area contributed by atoms with Crippen molar-refractivity contribution in [3.63, 3.8) is 0 Å². The Hall–Kier alpha value is -2.55. The Labute approximate surface area is 254 Å². The smallest absolute Gasteiger partial charge is 0.407 e. The van der Waals surface area contributed by atoms with E-state index < -0.39 is 34.4 Å². The van der Waals surface area contributed by atoms with Gasteiger partial charge in [0.15, 0.2) is 6.29 Å². The first-order valence-electron chi connectivity index (χ1n) is 14.1. The fourth-order valence-electron chi connectivity index (χ4n) is 5.49. The number of ether oxygens (including phenoxy) is 3. The molecule has 3 N–H and O–H groups in total. The summed E-state index contributed by atoms with van der Waals surface area (Å²) in [5, 5.41) is 22.6. The number of rotatable bonds is 12. The van der Waals surface area contributed by atoms with Gasteiger partial charge >= 0.3 is 6.09 Å². The van der Waals surface area contributed by atoms with Crippen LogP contribution in [0.4, 0.5) is 4.79 Å². The topological polar surface area (TPSA) is 143 Å². The molecule has 2 saturated heterocycles. The fraction of sp³-hybridized carbons (Fsp3) is 0.517. The number of hydrogen-bond donors (Lipinski definition) is 3. The lowest BCUT2D eigenvalue weighted by molar-refractivity contribution is -0.0907. The third kappa shape index (κ3) is 6.98. The second kappa shape index (κ2) is 13.4. The van der Waals surface area contributed by atoms with E-state index in [9.17, 15) is 18.3 Å². The first kappa shape index (κ1) is 30.9. The highest BCUT2D eigenvalue weighted by Crippen LogP contribution is 2.33. The average molecular weight is 666 g/mol. The predicted molar refractivity (Wildman–Crippen MR) is 159 cm³/mol. The summed E-state index contributed by atoms with van der Waals surface area (Å²) >= 11 is 3.40. The Balaban J connectivity index is 1.36. The van der Waals surface area contributed by atoms with E-state index in [1.165, 1.54) is 10.4 Å². The van der Waals surface area contributed by atoms with Gasteiger partial charge in [-0.25, -0.2) is 13.2 Å². The number of aliphatic hydroxyl groups is 1. The van der Waals surface area contributed by atoms with Crippen molar-refractivity contribution in [1.82, 2.24) is 19.8 Å². The molecule has 0 bridgehead atoms. The molecule has 2 aliphatic heterocycles. The van der Waals surface area contributed by atoms with Gasteiger partial charge in [-0.05, 0) is 42.5 Å². The van der Waals surface area contributed by atoms with Gasteiger partial charge in [0.05, 0.1) is 47.4 Å². The normalized spacial score (nSPS) is 22.0. The van der Waals surface area contributed by atoms with Gasteiger partial charge in [-0.3, -0.25) is 5.10 Å². The highest BCUT2D eigenvalue weighted by molar-refractivity contribution is 9.08. The zero-order chi connectivity index (χ0) is 29.9. The molecule has 0 aliphatic carbocycles. The monoisotopic (exact) mass is 664 g/mol. The van der Waals surface area contributed by atoms with Gasteiger partial charge in [-0.2, -0.15) is 9.40 Å². The minimum atomic E-state index is -4.01. The van der Waals surface area contributed by atoms with Crippen molar-refractivity contribution in [2.24, 2.45) is 11.8 Å². The molecule has 228 valence electrons. The van der Waals surface area contributed by atoms with Crippen molar-refractivity contribution in [2.75, 3.05) is 26.3 Å². The Bertz CT molecular complexity index is 1470. The molecule has 11 nitrogen and oxygen atoms in total. The van der Waals surface area contributed by atoms with Crippen LogP contribution in [0.3, 0.4) is 0 Å². The Morgan fingerprint density at radius 2 is 2.00 bits per heavy atom. The quantitative estimate of drug-likeness (QED) is 0.250. The largest absolute Gasteiger partial charge is 0.443 e. The Morgan fingerprint density at radius 3 is 2.74 bits per heavy atom. The summed E-state index contributed by atoms with van der Waals surface area (Å²) in [6.45, 7) is 4.58. The number of carbonyl (C=O) groups excluding carboxylic acids is 1. The zero-order valence-corrected chi connectivity index (χ0v) is 26.0. The number of aromatic amines is 1. The number of aliphatic hydroxyl groups excluding tert-OH is 1. The van der Waals surface area contributed by atoms with Crippen LogP contribution in [-0.4, -0.2) is 85.0 Å². The van der Waals surface area contributed by atoms with Crippen LogP contribution in [0.15, 0.2) is 53.4 Å². The highest BCUT2D eigenvalue weighted by atomic mass is 79.9. The molecule has 3 aromatic rings. The van der Waals surface area contributed by atoms with Crippen LogP contribution in [0.1, 0.15) is 31.5 Å². The number of carbonyl (C=O) groups is 1. The molecular weight excluding hydrogens is 628 g/mol. The molecule has 1 amide bonds. The minimum Gasteiger partial charge on any atom is -0.443 e. The number of alkyl halides is 1. The number of sulfonamides is 1. The van der Waals surface area contributed by atoms with E-state index in [1.54, 1.807) is 12.1 Å². The molecular formula is C29H37BrN4O7S. The molecule has 0 radical (unpaired) electrons. The van der Waals surface area contributed by atoms with Crippen molar-refractivity contribution in [2.45, 2.75) is 61.5 Å². The summed E-state index contributed by atoms with van der Waals surface area (Å²) in [6, 6.07) is 13.4. The summed E-state index contributed by atoms with van der Waals surface area (Å²) in [6.07, 6.45) is -1.73. The Kier molecular flexibility index (Phi) is 9.85. The van der Waals surface area contributed by atoms with Gasteiger partial charge in [0, 0.05) is 23.8 Å². The van der Waals surface area contributed by atoms with Gasteiger partial charge in [0.25, 0.3) is 0 Å². The first-order chi connectivity index (χ1) is 20.2. The van der Waals surface area contributed by atoms with Gasteiger partial charge in [0.1, 0.15) is 6.10 Å². The zero-order valence-electron chi connectivity index (χ0n) is 23.6. The van der Waals surface area contributed by atoms with Gasteiger partial charge in [-0.15, -0.1) is 0 Å². The minimum absolute atomic E-state index is 0.0165. The van der Waals surface area contributed by atoms with Crippen LogP contribution in [0.5, 0.6) is 0 Å². The maximum atomic E-state index is 13.9. The number of nitrogens with one attached hydrogen (secondary N) is 2. The van der Waals surface area contributed by atoms with Crippen molar-refractivity contribution < 1.29 is 32.5 Å². The summed E-state index contributed by atoms with van der Waals surface area (Å²) in [5.41, 5.74) is 2.31. The first-order valence-corrected chi connectivity index (χ1v) is 16.7. The molecule has 0 saturated carbocycles. The Morgan fingerprint density at radius 1 is 1.21 bits per heavy atom. The third-order valence-corrected chi connectivity index (χ3v) is 10.0. The predicted octanol–water partition coefficient (Wildman–Crippen LogP) is 3.56. The number of halogens is 1. The number of aromatic nitrogens is 2. The van der Waals surface area contributed by atoms with Crippen LogP contribution < -0.4 is 5.32 Å². The van der Waals surface area contributed by atoms with E-state index in [1.807, 2.05) is 44.2 Å². The van der Waals surface area contributed by atoms with Crippen molar-refractivity contribution in [3.8, 4) is 0 Å². The number of fused-ring (bicyclic) bond motifs is 2. The van der Waals surface area contributed by atoms with E-state index in [0.717, 1.165) is 17.5 Å². The van der Waals surface area contributed by atoms with E-state index in [2.05, 4.69) is 31.4 Å². The summed E-state index contributed by atoms with van der Waals surface area (Å²) in [7, 11) is -4.01. The molecule has 1 unspecified atom stereocenters. The third-order valence-electron chi connectivity index (χ3n) is 7.65. The van der Waals surface area contributed by atoms with Crippen LogP contribution in [-0.2, 0) is 36.0 Å². The molecule has 2 fully saturated rings. The van der Waals surface area contributed by atoms with E-state index in [0.29, 0.717) is 23.0 Å². The van der Waals surface area contributed by atoms with Crippen LogP contribution >= 0.6 is 15.9 Å². The van der Waals surface area contributed by atoms with Gasteiger partial charge < -0.3 is 24.6 Å². The number of amides is 1. The van der Waals surface area contributed by atoms with Crippen molar-refractivity contribution in [1.29, 1.82) is 0 Å². The molecule has 2 aromatic carbocycles. The maximum Gasteiger partial charge on any atom is 0.407 e. The van der Waals surface area contributed by atoms with Crippen molar-refractivity contribution in [3.05, 3.63) is 59.8 Å². The molecule has 3 heterocycles. The molecule has 42 heavy (non-hydrogen) atoms. The molecule has 5 rings (SSSR count). The summed E-state index contributed by atoms with van der Waals surface area (Å²) in [4.78, 5) is 13.2. The lowest BCUT2D eigenvalue weighted by Gasteiger charge is -2.31. The molecule has 1 aromatic heterocycles. The maximum absolute atomic E-state index is 13.9. The summed E-state index contributed by atoms with van der Waals surface area (Å²) in [5.74, 6) is -0.0466. The fourth-order valence-corrected chi connectivity index (χ4v) is 7.57. The van der Waals surface area contributed by atoms with Gasteiger partial charge in [0.2, 0.25) is 10.0 Å². The standard InChI is InChI=1S/C29H37BrN4O7S/c1-18(2)15-34(42(37,38)20-8-9-23-22(13-20)25(14-30)33-32-23)16-26(35)24(12-19-6-4-3-5-7-19)31-29(36)41-27-17-40-28-21(27)10-11-39-28/h3-9,13,18,21,24,26-28,35H,10-12,14-17H2,1-2H3,(H,31,36)(H,32,33)/t21-,24-,26+,27?,28+/m0/s1. The molecule has 5 atom stereocenters. The molecule has 0 spiro atoms. The van der Waals surface area contributed by atoms with Crippen molar-refractivity contribution >= 4 is 42.9 Å². The summed E-state index contributed by atoms with van der Waals surface area (Å²) < 4.78 is 46.0. The molecule has 13 heteroatoms.